The van der Waals surface area contributed by atoms with Gasteiger partial charge in [0.2, 0.25) is 5.91 Å². The molecule has 0 saturated carbocycles. The number of aliphatic carboxylic acids is 1. The molecule has 0 radical (unpaired) electrons. The first-order chi connectivity index (χ1) is 10.1. The van der Waals surface area contributed by atoms with Gasteiger partial charge in [0.1, 0.15) is 5.75 Å². The topological polar surface area (TPSA) is 78.5 Å². The molecule has 0 heterocycles. The van der Waals surface area contributed by atoms with Gasteiger partial charge >= 0.3 is 0 Å². The molecule has 1 aromatic carbocycles. The van der Waals surface area contributed by atoms with Crippen molar-refractivity contribution in [1.29, 1.82) is 0 Å². The zero-order chi connectivity index (χ0) is 15.5. The molecule has 0 aliphatic heterocycles. The summed E-state index contributed by atoms with van der Waals surface area (Å²) < 4.78 is 5.58. The normalized spacial score (nSPS) is 10.5. The van der Waals surface area contributed by atoms with E-state index in [4.69, 9.17) is 4.74 Å². The Morgan fingerprint density at radius 2 is 1.86 bits per heavy atom. The van der Waals surface area contributed by atoms with Crippen LogP contribution in [0.2, 0.25) is 0 Å². The molecule has 0 fully saturated rings. The van der Waals surface area contributed by atoms with Gasteiger partial charge in [-0.05, 0) is 36.8 Å². The van der Waals surface area contributed by atoms with E-state index in [0.29, 0.717) is 18.4 Å². The number of carboxylic acids is 1. The highest BCUT2D eigenvalue weighted by molar-refractivity contribution is 6.02. The second kappa shape index (κ2) is 9.58. The molecule has 0 aliphatic rings. The van der Waals surface area contributed by atoms with E-state index in [9.17, 15) is 14.7 Å². The molecule has 0 atom stereocenters. The maximum atomic E-state index is 11.4. The van der Waals surface area contributed by atoms with Gasteiger partial charge in [0.15, 0.2) is 0 Å². The lowest BCUT2D eigenvalue weighted by molar-refractivity contribution is -0.297. The van der Waals surface area contributed by atoms with Gasteiger partial charge in [-0.2, -0.15) is 0 Å². The highest BCUT2D eigenvalue weighted by Gasteiger charge is 1.99. The third-order valence-electron chi connectivity index (χ3n) is 2.76. The summed E-state index contributed by atoms with van der Waals surface area (Å²) in [7, 11) is 0. The van der Waals surface area contributed by atoms with Crippen molar-refractivity contribution < 1.29 is 19.4 Å². The molecule has 0 bridgehead atoms. The summed E-state index contributed by atoms with van der Waals surface area (Å²) in [5.74, 6) is -1.18. The maximum Gasteiger partial charge on any atom is 0.248 e. The maximum absolute atomic E-state index is 11.4. The molecule has 0 unspecified atom stereocenters. The molecule has 0 aliphatic carbocycles. The molecule has 5 nitrogen and oxygen atoms in total. The minimum Gasteiger partial charge on any atom is -0.545 e. The average Bonchev–Trinajstić information content (AvgIpc) is 2.47. The number of carbonyl (C=O) groups excluding carboxylic acids is 2. The summed E-state index contributed by atoms with van der Waals surface area (Å²) in [6.07, 6.45) is 6.20. The number of hydrogen-bond donors (Lipinski definition) is 1. The zero-order valence-electron chi connectivity index (χ0n) is 12.1. The summed E-state index contributed by atoms with van der Waals surface area (Å²) in [5, 5.41) is 12.7. The van der Waals surface area contributed by atoms with E-state index in [0.717, 1.165) is 24.7 Å². The summed E-state index contributed by atoms with van der Waals surface area (Å²) >= 11 is 0. The number of amides is 1. The van der Waals surface area contributed by atoms with E-state index in [1.54, 1.807) is 24.3 Å². The van der Waals surface area contributed by atoms with Crippen LogP contribution in [0.15, 0.2) is 36.4 Å². The van der Waals surface area contributed by atoms with Crippen molar-refractivity contribution >= 4 is 17.6 Å². The number of carboxylic acid groups (broad SMARTS) is 1. The molecule has 0 aromatic heterocycles. The molecule has 5 heteroatoms. The highest BCUT2D eigenvalue weighted by Crippen LogP contribution is 2.16. The van der Waals surface area contributed by atoms with Crippen LogP contribution in [0.1, 0.15) is 32.6 Å². The number of unbranched alkanes of at least 4 members (excludes halogenated alkanes) is 3. The summed E-state index contributed by atoms with van der Waals surface area (Å²) in [5.41, 5.74) is 0.571. The van der Waals surface area contributed by atoms with Crippen LogP contribution in [-0.2, 0) is 9.59 Å². The van der Waals surface area contributed by atoms with Crippen LogP contribution in [-0.4, -0.2) is 18.5 Å². The molecule has 0 spiro atoms. The fraction of sp³-hybridized carbons (Fsp3) is 0.375. The van der Waals surface area contributed by atoms with E-state index in [2.05, 4.69) is 12.2 Å². The summed E-state index contributed by atoms with van der Waals surface area (Å²) in [4.78, 5) is 21.5. The van der Waals surface area contributed by atoms with E-state index < -0.39 is 11.9 Å². The van der Waals surface area contributed by atoms with Crippen molar-refractivity contribution in [3.8, 4) is 5.75 Å². The van der Waals surface area contributed by atoms with Gasteiger partial charge in [0.05, 0.1) is 12.6 Å². The predicted octanol–water partition coefficient (Wildman–Crippen LogP) is 1.89. The van der Waals surface area contributed by atoms with Crippen LogP contribution in [0.4, 0.5) is 5.69 Å². The monoisotopic (exact) mass is 290 g/mol. The Bertz CT molecular complexity index is 480. The van der Waals surface area contributed by atoms with E-state index >= 15 is 0 Å². The molecule has 114 valence electrons. The number of rotatable bonds is 9. The highest BCUT2D eigenvalue weighted by atomic mass is 16.5. The fourth-order valence-corrected chi connectivity index (χ4v) is 1.68. The van der Waals surface area contributed by atoms with E-state index in [1.807, 2.05) is 0 Å². The third-order valence-corrected chi connectivity index (χ3v) is 2.76. The Labute approximate surface area is 124 Å². The van der Waals surface area contributed by atoms with Gasteiger partial charge in [-0.1, -0.05) is 26.2 Å². The van der Waals surface area contributed by atoms with Gasteiger partial charge in [0, 0.05) is 11.8 Å². The number of hydrogen-bond acceptors (Lipinski definition) is 4. The van der Waals surface area contributed by atoms with Crippen molar-refractivity contribution in [1.82, 2.24) is 0 Å². The van der Waals surface area contributed by atoms with Crippen LogP contribution in [0.3, 0.4) is 0 Å². The molecular formula is C16H20NO4-. The number of nitrogens with one attached hydrogen (secondary N) is 1. The Morgan fingerprint density at radius 1 is 1.14 bits per heavy atom. The molecule has 21 heavy (non-hydrogen) atoms. The number of ether oxygens (including phenoxy) is 1. The number of anilines is 1. The predicted molar refractivity (Wildman–Crippen MR) is 78.9 cm³/mol. The van der Waals surface area contributed by atoms with Crippen LogP contribution < -0.4 is 15.2 Å². The van der Waals surface area contributed by atoms with Gasteiger partial charge in [0.25, 0.3) is 0 Å². The minimum absolute atomic E-state index is 0.521. The standard InChI is InChI=1S/C16H21NO4/c1-2-3-4-5-12-21-14-8-6-13(7-9-14)17-15(18)10-11-16(19)20/h6-11H,2-5,12H2,1H3,(H,17,18)(H,19,20)/p-1/b11-10+. The van der Waals surface area contributed by atoms with Crippen molar-refractivity contribution in [3.63, 3.8) is 0 Å². The van der Waals surface area contributed by atoms with Gasteiger partial charge in [-0.25, -0.2) is 0 Å². The molecular weight excluding hydrogens is 270 g/mol. The Morgan fingerprint density at radius 3 is 2.48 bits per heavy atom. The van der Waals surface area contributed by atoms with Crippen molar-refractivity contribution in [2.45, 2.75) is 32.6 Å². The first-order valence-electron chi connectivity index (χ1n) is 7.04. The fourth-order valence-electron chi connectivity index (χ4n) is 1.68. The lowest BCUT2D eigenvalue weighted by atomic mass is 10.2. The number of benzene rings is 1. The second-order valence-electron chi connectivity index (χ2n) is 4.58. The van der Waals surface area contributed by atoms with Crippen molar-refractivity contribution in [3.05, 3.63) is 36.4 Å². The molecule has 1 rings (SSSR count). The number of carbonyl (C=O) groups is 2. The zero-order valence-corrected chi connectivity index (χ0v) is 12.1. The Balaban J connectivity index is 2.36. The van der Waals surface area contributed by atoms with Crippen LogP contribution in [0.25, 0.3) is 0 Å². The smallest absolute Gasteiger partial charge is 0.248 e. The van der Waals surface area contributed by atoms with Crippen molar-refractivity contribution in [2.24, 2.45) is 0 Å². The van der Waals surface area contributed by atoms with Gasteiger partial charge in [-0.3, -0.25) is 4.79 Å². The third kappa shape index (κ3) is 7.77. The summed E-state index contributed by atoms with van der Waals surface area (Å²) in [6, 6.07) is 6.92. The first-order valence-corrected chi connectivity index (χ1v) is 7.04. The second-order valence-corrected chi connectivity index (χ2v) is 4.58. The quantitative estimate of drug-likeness (QED) is 0.556. The van der Waals surface area contributed by atoms with Gasteiger partial charge in [-0.15, -0.1) is 0 Å². The Kier molecular flexibility index (Phi) is 7.64. The molecule has 0 saturated heterocycles. The van der Waals surface area contributed by atoms with E-state index in [-0.39, 0.29) is 0 Å². The first kappa shape index (κ1) is 16.8. The van der Waals surface area contributed by atoms with Crippen molar-refractivity contribution in [2.75, 3.05) is 11.9 Å². The van der Waals surface area contributed by atoms with Gasteiger partial charge < -0.3 is 20.0 Å². The molecule has 1 amide bonds. The Hall–Kier alpha value is -2.30. The van der Waals surface area contributed by atoms with Crippen LogP contribution in [0, 0.1) is 0 Å². The SMILES string of the molecule is CCCCCCOc1ccc(NC(=O)/C=C/C(=O)[O-])cc1. The van der Waals surface area contributed by atoms with Crippen LogP contribution in [0.5, 0.6) is 5.75 Å². The largest absolute Gasteiger partial charge is 0.545 e. The lowest BCUT2D eigenvalue weighted by Crippen LogP contribution is -2.20. The molecule has 1 N–H and O–H groups in total. The van der Waals surface area contributed by atoms with Crippen LogP contribution >= 0.6 is 0 Å². The van der Waals surface area contributed by atoms with E-state index in [1.165, 1.54) is 12.8 Å². The lowest BCUT2D eigenvalue weighted by Gasteiger charge is -2.07. The minimum atomic E-state index is -1.41. The average molecular weight is 290 g/mol. The summed E-state index contributed by atoms with van der Waals surface area (Å²) in [6.45, 7) is 2.84. The molecule has 1 aromatic rings.